The molecule has 0 aromatic carbocycles. The van der Waals surface area contributed by atoms with Crippen molar-refractivity contribution in [1.82, 2.24) is 5.32 Å². The summed E-state index contributed by atoms with van der Waals surface area (Å²) in [5.74, 6) is 0.516. The first-order valence-corrected chi connectivity index (χ1v) is 10.2. The summed E-state index contributed by atoms with van der Waals surface area (Å²) in [5, 5.41) is 6.68. The number of carbonyl (C=O) groups excluding carboxylic acids is 2. The van der Waals surface area contributed by atoms with E-state index in [9.17, 15) is 9.59 Å². The number of aryl methyl sites for hydroxylation is 1. The van der Waals surface area contributed by atoms with Crippen LogP contribution >= 0.6 is 11.3 Å². The zero-order valence-corrected chi connectivity index (χ0v) is 16.2. The Balaban J connectivity index is 1.63. The first-order valence-electron chi connectivity index (χ1n) is 9.34. The second-order valence-corrected chi connectivity index (χ2v) is 8.02. The molecule has 0 saturated heterocycles. The van der Waals surface area contributed by atoms with Crippen LogP contribution in [0.3, 0.4) is 0 Å². The molecule has 1 aliphatic rings. The molecule has 5 nitrogen and oxygen atoms in total. The zero-order valence-electron chi connectivity index (χ0n) is 15.3. The van der Waals surface area contributed by atoms with Crippen LogP contribution in [0.15, 0.2) is 28.9 Å². The quantitative estimate of drug-likeness (QED) is 0.717. The van der Waals surface area contributed by atoms with E-state index in [2.05, 4.69) is 17.6 Å². The number of carbonyl (C=O) groups is 2. The van der Waals surface area contributed by atoms with Gasteiger partial charge in [-0.25, -0.2) is 0 Å². The van der Waals surface area contributed by atoms with Gasteiger partial charge in [0.05, 0.1) is 16.1 Å². The lowest BCUT2D eigenvalue weighted by Crippen LogP contribution is -2.37. The molecule has 140 valence electrons. The second-order valence-electron chi connectivity index (χ2n) is 6.97. The van der Waals surface area contributed by atoms with Crippen LogP contribution in [0.4, 0.5) is 5.00 Å². The van der Waals surface area contributed by atoms with E-state index in [4.69, 9.17) is 4.42 Å². The van der Waals surface area contributed by atoms with Crippen molar-refractivity contribution in [3.05, 3.63) is 40.7 Å². The van der Waals surface area contributed by atoms with Crippen molar-refractivity contribution in [3.8, 4) is 0 Å². The van der Waals surface area contributed by atoms with Gasteiger partial charge in [0.1, 0.15) is 0 Å². The number of furan rings is 1. The van der Waals surface area contributed by atoms with E-state index in [1.54, 1.807) is 12.1 Å². The topological polar surface area (TPSA) is 71.3 Å². The summed E-state index contributed by atoms with van der Waals surface area (Å²) in [7, 11) is 0. The summed E-state index contributed by atoms with van der Waals surface area (Å²) in [4.78, 5) is 25.5. The Labute approximate surface area is 158 Å². The number of hydrogen-bond acceptors (Lipinski definition) is 4. The van der Waals surface area contributed by atoms with Gasteiger partial charge in [0, 0.05) is 6.04 Å². The zero-order chi connectivity index (χ0) is 18.5. The van der Waals surface area contributed by atoms with Crippen LogP contribution in [0.1, 0.15) is 71.2 Å². The van der Waals surface area contributed by atoms with Gasteiger partial charge in [-0.15, -0.1) is 11.3 Å². The van der Waals surface area contributed by atoms with Crippen molar-refractivity contribution in [2.75, 3.05) is 5.32 Å². The van der Waals surface area contributed by atoms with E-state index in [0.717, 1.165) is 12.0 Å². The maximum atomic E-state index is 12.7. The van der Waals surface area contributed by atoms with Crippen molar-refractivity contribution in [2.45, 2.75) is 58.4 Å². The molecule has 2 atom stereocenters. The van der Waals surface area contributed by atoms with E-state index in [1.165, 1.54) is 49.7 Å². The number of anilines is 1. The SMILES string of the molecule is CCCCC1CCCC1NC(=O)c1sc(NC(=O)c2ccco2)cc1C. The smallest absolute Gasteiger partial charge is 0.291 e. The van der Waals surface area contributed by atoms with Gasteiger partial charge in [0.25, 0.3) is 11.8 Å². The van der Waals surface area contributed by atoms with Gasteiger partial charge in [-0.2, -0.15) is 0 Å². The molecule has 2 heterocycles. The van der Waals surface area contributed by atoms with Gasteiger partial charge in [-0.05, 0) is 55.9 Å². The van der Waals surface area contributed by atoms with Gasteiger partial charge in [-0.3, -0.25) is 9.59 Å². The molecule has 6 heteroatoms. The Kier molecular flexibility index (Phi) is 6.14. The highest BCUT2D eigenvalue weighted by atomic mass is 32.1. The molecule has 0 aliphatic heterocycles. The lowest BCUT2D eigenvalue weighted by Gasteiger charge is -2.20. The fourth-order valence-corrected chi connectivity index (χ4v) is 4.59. The molecule has 0 spiro atoms. The van der Waals surface area contributed by atoms with Crippen molar-refractivity contribution < 1.29 is 14.0 Å². The minimum absolute atomic E-state index is 0.0283. The molecule has 3 rings (SSSR count). The molecule has 0 bridgehead atoms. The Morgan fingerprint density at radius 3 is 2.88 bits per heavy atom. The summed E-state index contributed by atoms with van der Waals surface area (Å²) < 4.78 is 5.10. The van der Waals surface area contributed by atoms with E-state index in [0.29, 0.717) is 15.8 Å². The van der Waals surface area contributed by atoms with Gasteiger partial charge < -0.3 is 15.1 Å². The summed E-state index contributed by atoms with van der Waals surface area (Å²) in [6.45, 7) is 4.10. The number of nitrogens with one attached hydrogen (secondary N) is 2. The lowest BCUT2D eigenvalue weighted by molar-refractivity contribution is 0.0929. The third-order valence-electron chi connectivity index (χ3n) is 5.01. The number of amides is 2. The van der Waals surface area contributed by atoms with Crippen molar-refractivity contribution in [3.63, 3.8) is 0 Å². The number of rotatable bonds is 7. The van der Waals surface area contributed by atoms with E-state index < -0.39 is 0 Å². The molecule has 2 amide bonds. The first-order chi connectivity index (χ1) is 12.6. The van der Waals surface area contributed by atoms with Gasteiger partial charge >= 0.3 is 0 Å². The van der Waals surface area contributed by atoms with Crippen molar-refractivity contribution >= 4 is 28.2 Å². The van der Waals surface area contributed by atoms with Crippen molar-refractivity contribution in [2.24, 2.45) is 5.92 Å². The second kappa shape index (κ2) is 8.54. The number of hydrogen-bond donors (Lipinski definition) is 2. The largest absolute Gasteiger partial charge is 0.459 e. The molecule has 2 unspecified atom stereocenters. The summed E-state index contributed by atoms with van der Waals surface area (Å²) in [5.41, 5.74) is 0.880. The average Bonchev–Trinajstić information content (AvgIpc) is 3.34. The molecule has 1 fully saturated rings. The van der Waals surface area contributed by atoms with Crippen LogP contribution in [0.2, 0.25) is 0 Å². The Bertz CT molecular complexity index is 751. The maximum Gasteiger partial charge on any atom is 0.291 e. The van der Waals surface area contributed by atoms with E-state index in [-0.39, 0.29) is 23.6 Å². The Hall–Kier alpha value is -2.08. The first kappa shape index (κ1) is 18.7. The highest BCUT2D eigenvalue weighted by molar-refractivity contribution is 7.18. The van der Waals surface area contributed by atoms with Crippen molar-refractivity contribution in [1.29, 1.82) is 0 Å². The van der Waals surface area contributed by atoms with Crippen LogP contribution in [0.5, 0.6) is 0 Å². The van der Waals surface area contributed by atoms with Crippen LogP contribution in [-0.4, -0.2) is 17.9 Å². The molecule has 26 heavy (non-hydrogen) atoms. The van der Waals surface area contributed by atoms with Crippen LogP contribution in [0, 0.1) is 12.8 Å². The highest BCUT2D eigenvalue weighted by Gasteiger charge is 2.29. The van der Waals surface area contributed by atoms with Crippen LogP contribution < -0.4 is 10.6 Å². The normalized spacial score (nSPS) is 19.5. The minimum Gasteiger partial charge on any atom is -0.459 e. The maximum absolute atomic E-state index is 12.7. The summed E-state index contributed by atoms with van der Waals surface area (Å²) in [6, 6.07) is 5.39. The van der Waals surface area contributed by atoms with Gasteiger partial charge in [-0.1, -0.05) is 26.2 Å². The van der Waals surface area contributed by atoms with Gasteiger partial charge in [0.2, 0.25) is 0 Å². The van der Waals surface area contributed by atoms with Crippen LogP contribution in [0.25, 0.3) is 0 Å². The third-order valence-corrected chi connectivity index (χ3v) is 6.16. The highest BCUT2D eigenvalue weighted by Crippen LogP contribution is 2.32. The molecule has 2 N–H and O–H groups in total. The van der Waals surface area contributed by atoms with E-state index in [1.807, 2.05) is 13.0 Å². The fraction of sp³-hybridized carbons (Fsp3) is 0.500. The number of unbranched alkanes of at least 4 members (excludes halogenated alkanes) is 1. The predicted molar refractivity (Wildman–Crippen MR) is 104 cm³/mol. The van der Waals surface area contributed by atoms with E-state index >= 15 is 0 Å². The average molecular weight is 375 g/mol. The molecule has 2 aromatic rings. The molecule has 0 radical (unpaired) electrons. The lowest BCUT2D eigenvalue weighted by atomic mass is 9.96. The monoisotopic (exact) mass is 374 g/mol. The Morgan fingerprint density at radius 2 is 2.15 bits per heavy atom. The minimum atomic E-state index is -0.307. The number of thiophene rings is 1. The summed E-state index contributed by atoms with van der Waals surface area (Å²) >= 11 is 1.31. The van der Waals surface area contributed by atoms with Gasteiger partial charge in [0.15, 0.2) is 5.76 Å². The summed E-state index contributed by atoms with van der Waals surface area (Å²) in [6.07, 6.45) is 8.52. The van der Waals surface area contributed by atoms with Crippen LogP contribution in [-0.2, 0) is 0 Å². The molecular weight excluding hydrogens is 348 g/mol. The standard InChI is InChI=1S/C20H26N2O3S/c1-3-4-7-14-8-5-9-15(14)21-20(24)18-13(2)12-17(26-18)22-19(23)16-10-6-11-25-16/h6,10-12,14-15H,3-5,7-9H2,1-2H3,(H,21,24)(H,22,23). The Morgan fingerprint density at radius 1 is 1.31 bits per heavy atom. The molecular formula is C20H26N2O3S. The molecule has 1 saturated carbocycles. The predicted octanol–water partition coefficient (Wildman–Crippen LogP) is 4.99. The molecule has 1 aliphatic carbocycles. The third kappa shape index (κ3) is 4.36. The fourth-order valence-electron chi connectivity index (χ4n) is 3.62. The molecule has 2 aromatic heterocycles.